The van der Waals surface area contributed by atoms with Crippen molar-refractivity contribution in [3.05, 3.63) is 23.8 Å². The summed E-state index contributed by atoms with van der Waals surface area (Å²) in [5.74, 6) is 2.46. The average Bonchev–Trinajstić information content (AvgIpc) is 3.27. The van der Waals surface area contributed by atoms with Gasteiger partial charge in [-0.25, -0.2) is 0 Å². The molecular formula is C16H25NO3. The van der Waals surface area contributed by atoms with E-state index in [-0.39, 0.29) is 0 Å². The number of ether oxygens (including phenoxy) is 3. The second-order valence-electron chi connectivity index (χ2n) is 5.14. The van der Waals surface area contributed by atoms with Gasteiger partial charge < -0.3 is 19.5 Å². The summed E-state index contributed by atoms with van der Waals surface area (Å²) in [4.78, 5) is 0. The molecule has 0 radical (unpaired) electrons. The quantitative estimate of drug-likeness (QED) is 0.668. The summed E-state index contributed by atoms with van der Waals surface area (Å²) >= 11 is 0. The zero-order valence-electron chi connectivity index (χ0n) is 12.5. The highest BCUT2D eigenvalue weighted by Gasteiger charge is 2.22. The highest BCUT2D eigenvalue weighted by atomic mass is 16.5. The third-order valence-electron chi connectivity index (χ3n) is 3.29. The number of methoxy groups -OCH3 is 1. The fourth-order valence-corrected chi connectivity index (χ4v) is 1.95. The molecule has 4 nitrogen and oxygen atoms in total. The van der Waals surface area contributed by atoms with E-state index in [9.17, 15) is 0 Å². The van der Waals surface area contributed by atoms with E-state index >= 15 is 0 Å². The largest absolute Gasteiger partial charge is 0.490 e. The Kier molecular flexibility index (Phi) is 6.15. The van der Waals surface area contributed by atoms with Gasteiger partial charge in [0.1, 0.15) is 0 Å². The molecule has 2 rings (SSSR count). The van der Waals surface area contributed by atoms with Crippen molar-refractivity contribution in [2.45, 2.75) is 26.3 Å². The first-order valence-electron chi connectivity index (χ1n) is 7.41. The Morgan fingerprint density at radius 2 is 2.05 bits per heavy atom. The van der Waals surface area contributed by atoms with Gasteiger partial charge in [-0.2, -0.15) is 0 Å². The van der Waals surface area contributed by atoms with Crippen LogP contribution >= 0.6 is 0 Å². The van der Waals surface area contributed by atoms with E-state index in [1.807, 2.05) is 13.0 Å². The summed E-state index contributed by atoms with van der Waals surface area (Å²) in [7, 11) is 1.71. The molecule has 0 amide bonds. The van der Waals surface area contributed by atoms with Gasteiger partial charge in [-0.05, 0) is 43.4 Å². The molecule has 1 aliphatic carbocycles. The minimum atomic E-state index is 0.653. The van der Waals surface area contributed by atoms with E-state index in [4.69, 9.17) is 14.2 Å². The van der Waals surface area contributed by atoms with Crippen molar-refractivity contribution in [2.24, 2.45) is 5.92 Å². The highest BCUT2D eigenvalue weighted by molar-refractivity contribution is 5.43. The molecule has 112 valence electrons. The third kappa shape index (κ3) is 5.02. The van der Waals surface area contributed by atoms with Gasteiger partial charge in [0.2, 0.25) is 0 Å². The number of nitrogens with one attached hydrogen (secondary N) is 1. The Morgan fingerprint density at radius 1 is 1.20 bits per heavy atom. The highest BCUT2D eigenvalue weighted by Crippen LogP contribution is 2.33. The lowest BCUT2D eigenvalue weighted by atomic mass is 10.2. The van der Waals surface area contributed by atoms with Gasteiger partial charge in [0, 0.05) is 20.2 Å². The number of hydrogen-bond donors (Lipinski definition) is 1. The summed E-state index contributed by atoms with van der Waals surface area (Å²) in [6.45, 7) is 5.84. The van der Waals surface area contributed by atoms with Crippen LogP contribution < -0.4 is 14.8 Å². The van der Waals surface area contributed by atoms with Gasteiger partial charge in [-0.1, -0.05) is 6.07 Å². The molecule has 0 spiro atoms. The van der Waals surface area contributed by atoms with Crippen LogP contribution in [0.25, 0.3) is 0 Å². The Balaban J connectivity index is 1.90. The van der Waals surface area contributed by atoms with Crippen molar-refractivity contribution in [1.29, 1.82) is 0 Å². The van der Waals surface area contributed by atoms with Crippen LogP contribution in [0.1, 0.15) is 25.3 Å². The maximum absolute atomic E-state index is 5.85. The van der Waals surface area contributed by atoms with Crippen LogP contribution in [-0.4, -0.2) is 33.5 Å². The van der Waals surface area contributed by atoms with Crippen LogP contribution in [0.2, 0.25) is 0 Å². The first-order chi connectivity index (χ1) is 9.83. The number of rotatable bonds is 10. The van der Waals surface area contributed by atoms with Crippen molar-refractivity contribution in [3.63, 3.8) is 0 Å². The fraction of sp³-hybridized carbons (Fsp3) is 0.625. The molecule has 0 unspecified atom stereocenters. The molecule has 0 saturated heterocycles. The molecule has 1 aliphatic rings. The molecule has 0 aliphatic heterocycles. The van der Waals surface area contributed by atoms with Gasteiger partial charge in [0.15, 0.2) is 11.5 Å². The van der Waals surface area contributed by atoms with Crippen molar-refractivity contribution >= 4 is 0 Å². The summed E-state index contributed by atoms with van der Waals surface area (Å²) < 4.78 is 16.5. The number of benzene rings is 1. The number of hydrogen-bond acceptors (Lipinski definition) is 4. The van der Waals surface area contributed by atoms with Crippen LogP contribution in [0, 0.1) is 5.92 Å². The molecular weight excluding hydrogens is 254 g/mol. The van der Waals surface area contributed by atoms with Gasteiger partial charge in [0.25, 0.3) is 0 Å². The minimum Gasteiger partial charge on any atom is -0.490 e. The van der Waals surface area contributed by atoms with E-state index in [0.29, 0.717) is 6.61 Å². The second-order valence-corrected chi connectivity index (χ2v) is 5.14. The van der Waals surface area contributed by atoms with Crippen molar-refractivity contribution in [1.82, 2.24) is 5.32 Å². The van der Waals surface area contributed by atoms with Crippen molar-refractivity contribution in [2.75, 3.05) is 33.5 Å². The second kappa shape index (κ2) is 8.12. The van der Waals surface area contributed by atoms with Gasteiger partial charge >= 0.3 is 0 Å². The molecule has 1 N–H and O–H groups in total. The monoisotopic (exact) mass is 279 g/mol. The van der Waals surface area contributed by atoms with E-state index < -0.39 is 0 Å². The maximum atomic E-state index is 5.85. The van der Waals surface area contributed by atoms with Crippen LogP contribution in [-0.2, 0) is 11.3 Å². The zero-order valence-corrected chi connectivity index (χ0v) is 12.5. The van der Waals surface area contributed by atoms with E-state index in [1.54, 1.807) is 7.11 Å². The SMILES string of the molecule is CCOc1cc(CNCCOC)ccc1OCC1CC1. The van der Waals surface area contributed by atoms with Gasteiger partial charge in [-0.15, -0.1) is 0 Å². The standard InChI is InChI=1S/C16H25NO3/c1-3-19-16-10-14(11-17-8-9-18-2)6-7-15(16)20-12-13-4-5-13/h6-7,10,13,17H,3-5,8-9,11-12H2,1-2H3. The Morgan fingerprint density at radius 3 is 2.75 bits per heavy atom. The summed E-state index contributed by atoms with van der Waals surface area (Å²) in [5, 5.41) is 3.33. The van der Waals surface area contributed by atoms with Crippen LogP contribution in [0.4, 0.5) is 0 Å². The maximum Gasteiger partial charge on any atom is 0.161 e. The molecule has 4 heteroatoms. The molecule has 1 fully saturated rings. The molecule has 1 aromatic carbocycles. The Labute approximate surface area is 121 Å². The lowest BCUT2D eigenvalue weighted by Gasteiger charge is -2.13. The van der Waals surface area contributed by atoms with Gasteiger partial charge in [0.05, 0.1) is 19.8 Å². The Hall–Kier alpha value is -1.26. The van der Waals surface area contributed by atoms with Gasteiger partial charge in [-0.3, -0.25) is 0 Å². The first kappa shape index (κ1) is 15.1. The normalized spacial score (nSPS) is 14.3. The van der Waals surface area contributed by atoms with E-state index in [2.05, 4.69) is 17.4 Å². The molecule has 0 aromatic heterocycles. The minimum absolute atomic E-state index is 0.653. The van der Waals surface area contributed by atoms with Crippen LogP contribution in [0.15, 0.2) is 18.2 Å². The third-order valence-corrected chi connectivity index (χ3v) is 3.29. The molecule has 0 bridgehead atoms. The first-order valence-corrected chi connectivity index (χ1v) is 7.41. The Bertz CT molecular complexity index is 405. The fourth-order valence-electron chi connectivity index (χ4n) is 1.95. The van der Waals surface area contributed by atoms with Crippen molar-refractivity contribution < 1.29 is 14.2 Å². The topological polar surface area (TPSA) is 39.7 Å². The molecule has 1 aromatic rings. The summed E-state index contributed by atoms with van der Waals surface area (Å²) in [5.41, 5.74) is 1.20. The predicted molar refractivity (Wildman–Crippen MR) is 79.4 cm³/mol. The lowest BCUT2D eigenvalue weighted by Crippen LogP contribution is -2.18. The van der Waals surface area contributed by atoms with Crippen LogP contribution in [0.3, 0.4) is 0 Å². The molecule has 1 saturated carbocycles. The molecule has 0 atom stereocenters. The summed E-state index contributed by atoms with van der Waals surface area (Å²) in [6.07, 6.45) is 2.59. The lowest BCUT2D eigenvalue weighted by molar-refractivity contribution is 0.199. The average molecular weight is 279 g/mol. The van der Waals surface area contributed by atoms with Crippen LogP contribution in [0.5, 0.6) is 11.5 Å². The van der Waals surface area contributed by atoms with E-state index in [0.717, 1.165) is 43.7 Å². The molecule has 0 heterocycles. The zero-order chi connectivity index (χ0) is 14.2. The molecule has 20 heavy (non-hydrogen) atoms. The summed E-state index contributed by atoms with van der Waals surface area (Å²) in [6, 6.07) is 6.16. The predicted octanol–water partition coefficient (Wildman–Crippen LogP) is 2.61. The van der Waals surface area contributed by atoms with Crippen molar-refractivity contribution in [3.8, 4) is 11.5 Å². The smallest absolute Gasteiger partial charge is 0.161 e. The van der Waals surface area contributed by atoms with E-state index in [1.165, 1.54) is 18.4 Å².